The molecule has 1 aromatic carbocycles. The van der Waals surface area contributed by atoms with Crippen LogP contribution in [0.4, 0.5) is 0 Å². The Labute approximate surface area is 114 Å². The summed E-state index contributed by atoms with van der Waals surface area (Å²) in [7, 11) is 0. The van der Waals surface area contributed by atoms with E-state index < -0.39 is 0 Å². The van der Waals surface area contributed by atoms with Crippen molar-refractivity contribution >= 4 is 21.6 Å². The van der Waals surface area contributed by atoms with E-state index in [1.807, 2.05) is 22.7 Å². The molecule has 0 spiro atoms. The summed E-state index contributed by atoms with van der Waals surface area (Å²) in [6, 6.07) is 12.4. The smallest absolute Gasteiger partial charge is 0.168 e. The summed E-state index contributed by atoms with van der Waals surface area (Å²) < 4.78 is 3.01. The average molecular weight is 302 g/mol. The molecule has 0 atom stereocenters. The van der Waals surface area contributed by atoms with Crippen LogP contribution in [0, 0.1) is 0 Å². The Morgan fingerprint density at radius 2 is 1.83 bits per heavy atom. The first kappa shape index (κ1) is 11.4. The third-order valence-corrected chi connectivity index (χ3v) is 3.46. The lowest BCUT2D eigenvalue weighted by atomic mass is 10.1. The summed E-state index contributed by atoms with van der Waals surface area (Å²) >= 11 is 3.47. The van der Waals surface area contributed by atoms with Crippen molar-refractivity contribution in [3.63, 3.8) is 0 Å². The lowest BCUT2D eigenvalue weighted by molar-refractivity contribution is 1.10. The minimum absolute atomic E-state index is 0.854. The van der Waals surface area contributed by atoms with Crippen LogP contribution in [0.15, 0.2) is 47.1 Å². The number of hydrogen-bond acceptors (Lipinski definition) is 2. The van der Waals surface area contributed by atoms with E-state index in [-0.39, 0.29) is 0 Å². The van der Waals surface area contributed by atoms with Crippen LogP contribution in [0.3, 0.4) is 0 Å². The van der Waals surface area contributed by atoms with E-state index in [9.17, 15) is 0 Å². The molecule has 3 rings (SSSR count). The number of halogens is 1. The molecule has 90 valence electrons. The predicted molar refractivity (Wildman–Crippen MR) is 75.5 cm³/mol. The second-order valence-corrected chi connectivity index (χ2v) is 5.07. The number of benzene rings is 1. The maximum atomic E-state index is 4.25. The third-order valence-electron chi connectivity index (χ3n) is 2.99. The molecule has 0 amide bonds. The summed E-state index contributed by atoms with van der Waals surface area (Å²) in [6.07, 6.45) is 3.03. The fourth-order valence-electron chi connectivity index (χ4n) is 1.95. The Bertz CT molecular complexity index is 686. The maximum Gasteiger partial charge on any atom is 0.168 e. The van der Waals surface area contributed by atoms with Crippen LogP contribution in [-0.2, 0) is 6.42 Å². The molecule has 2 aromatic heterocycles. The second kappa shape index (κ2) is 4.53. The second-order valence-electron chi connectivity index (χ2n) is 4.15. The number of nitrogens with zero attached hydrogens (tertiary/aromatic N) is 3. The molecule has 18 heavy (non-hydrogen) atoms. The van der Waals surface area contributed by atoms with Crippen LogP contribution < -0.4 is 0 Å². The molecule has 0 bridgehead atoms. The number of rotatable bonds is 2. The molecule has 0 N–H and O–H groups in total. The van der Waals surface area contributed by atoms with Gasteiger partial charge in [0.25, 0.3) is 0 Å². The maximum absolute atomic E-state index is 4.25. The molecule has 0 fully saturated rings. The van der Waals surface area contributed by atoms with E-state index in [0.717, 1.165) is 27.9 Å². The lowest BCUT2D eigenvalue weighted by Gasteiger charge is -2.02. The molecular formula is C14H12BrN3. The first-order valence-corrected chi connectivity index (χ1v) is 6.67. The highest BCUT2D eigenvalue weighted by Crippen LogP contribution is 2.21. The first-order valence-electron chi connectivity index (χ1n) is 5.87. The van der Waals surface area contributed by atoms with Gasteiger partial charge in [-0.3, -0.25) is 4.40 Å². The van der Waals surface area contributed by atoms with Gasteiger partial charge in [0, 0.05) is 16.2 Å². The molecule has 0 saturated carbocycles. The van der Waals surface area contributed by atoms with Crippen LogP contribution in [0.5, 0.6) is 0 Å². The zero-order valence-electron chi connectivity index (χ0n) is 9.97. The lowest BCUT2D eigenvalue weighted by Crippen LogP contribution is -1.89. The highest BCUT2D eigenvalue weighted by Gasteiger charge is 2.07. The van der Waals surface area contributed by atoms with Crippen molar-refractivity contribution in [1.82, 2.24) is 14.6 Å². The van der Waals surface area contributed by atoms with Crippen molar-refractivity contribution in [2.75, 3.05) is 0 Å². The van der Waals surface area contributed by atoms with Gasteiger partial charge in [-0.05, 0) is 40.0 Å². The van der Waals surface area contributed by atoms with Gasteiger partial charge in [-0.2, -0.15) is 0 Å². The van der Waals surface area contributed by atoms with Crippen molar-refractivity contribution in [2.24, 2.45) is 0 Å². The largest absolute Gasteiger partial charge is 0.281 e. The van der Waals surface area contributed by atoms with Gasteiger partial charge in [-0.1, -0.05) is 31.2 Å². The van der Waals surface area contributed by atoms with Gasteiger partial charge >= 0.3 is 0 Å². The van der Waals surface area contributed by atoms with Crippen molar-refractivity contribution in [3.8, 4) is 11.4 Å². The van der Waals surface area contributed by atoms with Gasteiger partial charge in [0.15, 0.2) is 11.5 Å². The van der Waals surface area contributed by atoms with E-state index in [1.54, 1.807) is 0 Å². The normalized spacial score (nSPS) is 11.0. The topological polar surface area (TPSA) is 30.2 Å². The summed E-state index contributed by atoms with van der Waals surface area (Å²) in [5.41, 5.74) is 3.26. The number of fused-ring (bicyclic) bond motifs is 1. The quantitative estimate of drug-likeness (QED) is 0.722. The Morgan fingerprint density at radius 3 is 2.56 bits per heavy atom. The van der Waals surface area contributed by atoms with Gasteiger partial charge in [0.1, 0.15) is 0 Å². The summed E-state index contributed by atoms with van der Waals surface area (Å²) in [5.74, 6) is 0.869. The highest BCUT2D eigenvalue weighted by molar-refractivity contribution is 9.10. The molecule has 0 aliphatic rings. The fourth-order valence-corrected chi connectivity index (χ4v) is 2.29. The zero-order valence-corrected chi connectivity index (χ0v) is 11.6. The number of aromatic nitrogens is 3. The summed E-state index contributed by atoms with van der Waals surface area (Å²) in [6.45, 7) is 2.15. The zero-order chi connectivity index (χ0) is 12.5. The van der Waals surface area contributed by atoms with E-state index in [2.05, 4.69) is 57.3 Å². The van der Waals surface area contributed by atoms with Gasteiger partial charge in [0.2, 0.25) is 0 Å². The highest BCUT2D eigenvalue weighted by atomic mass is 79.9. The molecule has 0 aliphatic carbocycles. The molecule has 0 saturated heterocycles. The molecule has 0 radical (unpaired) electrons. The monoisotopic (exact) mass is 301 g/mol. The van der Waals surface area contributed by atoms with Crippen molar-refractivity contribution in [3.05, 3.63) is 52.6 Å². The molecule has 2 heterocycles. The molecule has 0 aliphatic heterocycles. The number of hydrogen-bond donors (Lipinski definition) is 0. The SMILES string of the molecule is CCc1ccc(-c2nnc3ccc(Br)cn23)cc1. The minimum Gasteiger partial charge on any atom is -0.281 e. The average Bonchev–Trinajstić information content (AvgIpc) is 2.82. The Balaban J connectivity index is 2.15. The third kappa shape index (κ3) is 1.93. The summed E-state index contributed by atoms with van der Waals surface area (Å²) in [4.78, 5) is 0. The predicted octanol–water partition coefficient (Wildman–Crippen LogP) is 3.72. The Kier molecular flexibility index (Phi) is 2.88. The number of pyridine rings is 1. The van der Waals surface area contributed by atoms with E-state index in [0.29, 0.717) is 0 Å². The van der Waals surface area contributed by atoms with Gasteiger partial charge < -0.3 is 0 Å². The Morgan fingerprint density at radius 1 is 1.06 bits per heavy atom. The minimum atomic E-state index is 0.854. The molecule has 4 heteroatoms. The molecule has 0 unspecified atom stereocenters. The molecular weight excluding hydrogens is 290 g/mol. The van der Waals surface area contributed by atoms with Crippen molar-refractivity contribution < 1.29 is 0 Å². The van der Waals surface area contributed by atoms with Crippen LogP contribution in [0.2, 0.25) is 0 Å². The van der Waals surface area contributed by atoms with Gasteiger partial charge in [0.05, 0.1) is 0 Å². The fraction of sp³-hybridized carbons (Fsp3) is 0.143. The standard InChI is InChI=1S/C14H12BrN3/c1-2-10-3-5-11(6-4-10)14-17-16-13-8-7-12(15)9-18(13)14/h3-9H,2H2,1H3. The van der Waals surface area contributed by atoms with Crippen LogP contribution in [0.1, 0.15) is 12.5 Å². The molecule has 3 aromatic rings. The van der Waals surface area contributed by atoms with Crippen LogP contribution in [-0.4, -0.2) is 14.6 Å². The van der Waals surface area contributed by atoms with Gasteiger partial charge in [-0.25, -0.2) is 0 Å². The Hall–Kier alpha value is -1.68. The van der Waals surface area contributed by atoms with Crippen LogP contribution >= 0.6 is 15.9 Å². The van der Waals surface area contributed by atoms with Gasteiger partial charge in [-0.15, -0.1) is 10.2 Å². The van der Waals surface area contributed by atoms with E-state index in [4.69, 9.17) is 0 Å². The number of aryl methyl sites for hydroxylation is 1. The molecule has 3 nitrogen and oxygen atoms in total. The van der Waals surface area contributed by atoms with Crippen LogP contribution in [0.25, 0.3) is 17.0 Å². The van der Waals surface area contributed by atoms with Crippen molar-refractivity contribution in [2.45, 2.75) is 13.3 Å². The van der Waals surface area contributed by atoms with E-state index in [1.165, 1.54) is 5.56 Å². The van der Waals surface area contributed by atoms with E-state index >= 15 is 0 Å². The first-order chi connectivity index (χ1) is 8.78. The summed E-state index contributed by atoms with van der Waals surface area (Å²) in [5, 5.41) is 8.43. The van der Waals surface area contributed by atoms with Crippen molar-refractivity contribution in [1.29, 1.82) is 0 Å².